The molecule has 344 valence electrons. The number of likely N-dealkylation sites (N-methyl/N-ethyl adjacent to an activating group) is 1. The SMILES string of the molecule is Cc1nc(-c2ccc(C(C)(C)C)cc2)nc(C)c1C(=O)N[C@@H](CCN)C(=O)N(C)[C@@H]1C(=O)N[C@@H](C)C(=O)N[C@H](C(=O)NCC#N)Cc2ccc(OC[C@@H](N)CO)c(c2)-c2cc1ccc2O. The summed E-state index contributed by atoms with van der Waals surface area (Å²) in [6.07, 6.45) is -0.0960. The van der Waals surface area contributed by atoms with Crippen molar-refractivity contribution in [2.45, 2.75) is 90.0 Å². The third-order valence-corrected chi connectivity index (χ3v) is 11.1. The molecule has 0 saturated carbocycles. The zero-order valence-electron chi connectivity index (χ0n) is 37.7. The molecule has 0 unspecified atom stereocenters. The molecule has 5 atom stereocenters. The first-order valence-corrected chi connectivity index (χ1v) is 21.2. The van der Waals surface area contributed by atoms with Crippen molar-refractivity contribution < 1.29 is 38.9 Å². The molecule has 0 fully saturated rings. The Kier molecular flexibility index (Phi) is 16.0. The number of carbonyl (C=O) groups excluding carboxylic acids is 5. The Morgan fingerprint density at radius 1 is 1.00 bits per heavy atom. The Bertz CT molecular complexity index is 2440. The fourth-order valence-corrected chi connectivity index (χ4v) is 7.45. The number of phenolic OH excluding ortho intramolecular Hbond substituents is 1. The number of nitriles is 1. The van der Waals surface area contributed by atoms with Crippen LogP contribution in [0.25, 0.3) is 22.5 Å². The highest BCUT2D eigenvalue weighted by molar-refractivity contribution is 6.00. The Balaban J connectivity index is 1.54. The predicted molar refractivity (Wildman–Crippen MR) is 242 cm³/mol. The van der Waals surface area contributed by atoms with Crippen molar-refractivity contribution in [2.24, 2.45) is 11.5 Å². The van der Waals surface area contributed by atoms with Crippen LogP contribution in [0.4, 0.5) is 0 Å². The van der Waals surface area contributed by atoms with Crippen LogP contribution in [0.15, 0.2) is 60.7 Å². The van der Waals surface area contributed by atoms with Gasteiger partial charge >= 0.3 is 0 Å². The number of aromatic hydroxyl groups is 1. The van der Waals surface area contributed by atoms with Crippen molar-refractivity contribution in [3.63, 3.8) is 0 Å². The lowest BCUT2D eigenvalue weighted by molar-refractivity contribution is -0.141. The molecule has 1 aliphatic rings. The molecule has 4 aromatic rings. The molecule has 4 bridgehead atoms. The third kappa shape index (κ3) is 11.8. The van der Waals surface area contributed by atoms with Gasteiger partial charge in [0, 0.05) is 30.2 Å². The second-order valence-electron chi connectivity index (χ2n) is 17.1. The van der Waals surface area contributed by atoms with Crippen LogP contribution in [0.1, 0.15) is 78.6 Å². The third-order valence-electron chi connectivity index (χ3n) is 11.1. The highest BCUT2D eigenvalue weighted by atomic mass is 16.5. The molecule has 18 heteroatoms. The lowest BCUT2D eigenvalue weighted by Crippen LogP contribution is -2.56. The molecule has 0 radical (unpaired) electrons. The Morgan fingerprint density at radius 3 is 2.29 bits per heavy atom. The first kappa shape index (κ1) is 49.1. The number of carbonyl (C=O) groups is 5. The number of amides is 5. The van der Waals surface area contributed by atoms with E-state index in [1.54, 1.807) is 32.0 Å². The number of hydrogen-bond donors (Lipinski definition) is 8. The number of aliphatic hydroxyl groups excluding tert-OH is 1. The monoisotopic (exact) mass is 890 g/mol. The molecule has 0 spiro atoms. The van der Waals surface area contributed by atoms with Crippen LogP contribution >= 0.6 is 0 Å². The van der Waals surface area contributed by atoms with Crippen molar-refractivity contribution in [2.75, 3.05) is 33.4 Å². The van der Waals surface area contributed by atoms with Crippen LogP contribution < -0.4 is 37.5 Å². The number of benzene rings is 3. The Labute approximate surface area is 378 Å². The molecule has 1 aromatic heterocycles. The van der Waals surface area contributed by atoms with Crippen LogP contribution in [-0.2, 0) is 31.0 Å². The number of fused-ring (bicyclic) bond motifs is 5. The number of rotatable bonds is 13. The number of aromatic nitrogens is 2. The van der Waals surface area contributed by atoms with Gasteiger partial charge in [0.25, 0.3) is 5.91 Å². The van der Waals surface area contributed by atoms with Crippen LogP contribution in [0.5, 0.6) is 11.5 Å². The number of hydrogen-bond acceptors (Lipinski definition) is 13. The zero-order valence-corrected chi connectivity index (χ0v) is 37.7. The van der Waals surface area contributed by atoms with E-state index in [9.17, 15) is 34.2 Å². The van der Waals surface area contributed by atoms with Gasteiger partial charge in [-0.3, -0.25) is 24.0 Å². The van der Waals surface area contributed by atoms with Gasteiger partial charge in [0.2, 0.25) is 23.6 Å². The molecule has 0 aliphatic carbocycles. The van der Waals surface area contributed by atoms with Gasteiger partial charge in [-0.05, 0) is 80.1 Å². The van der Waals surface area contributed by atoms with E-state index in [-0.39, 0.29) is 72.7 Å². The summed E-state index contributed by atoms with van der Waals surface area (Å²) in [6, 6.07) is 12.9. The van der Waals surface area contributed by atoms with Gasteiger partial charge in [-0.15, -0.1) is 0 Å². The highest BCUT2D eigenvalue weighted by Gasteiger charge is 2.36. The fourth-order valence-electron chi connectivity index (χ4n) is 7.45. The molecule has 65 heavy (non-hydrogen) atoms. The first-order chi connectivity index (χ1) is 30.8. The molecule has 5 amide bonds. The maximum atomic E-state index is 14.6. The van der Waals surface area contributed by atoms with E-state index < -0.39 is 59.7 Å². The standard InChI is InChI=1S/C47H58N10O8/c1-25-39(26(2)53-41(52-25)29-9-12-31(13-10-29)47(4,5)6)44(62)55-35(16-17-48)46(64)57(7)40-30-11-14-37(59)33(22-30)34-20-28(8-15-38(34)65-24-32(50)23-58)21-36(43(61)51-19-18-49)56-42(60)27(3)54-45(40)63/h8-15,20,22,27,32,35-36,40,58-59H,16-17,19,21,23-24,48,50H2,1-7H3,(H,51,61)(H,54,63)(H,55,62)(H,56,60)/t27-,32-,35-,36-,40-/m0/s1. The maximum absolute atomic E-state index is 14.6. The van der Waals surface area contributed by atoms with E-state index in [0.717, 1.165) is 16.0 Å². The van der Waals surface area contributed by atoms with Crippen LogP contribution in [0.2, 0.25) is 0 Å². The molecular weight excluding hydrogens is 833 g/mol. The van der Waals surface area contributed by atoms with Crippen molar-refractivity contribution in [1.82, 2.24) is 36.1 Å². The largest absolute Gasteiger partial charge is 0.507 e. The van der Waals surface area contributed by atoms with Gasteiger partial charge in [-0.2, -0.15) is 5.26 Å². The molecule has 18 nitrogen and oxygen atoms in total. The molecule has 3 aromatic carbocycles. The van der Waals surface area contributed by atoms with Gasteiger partial charge in [0.05, 0.1) is 35.7 Å². The summed E-state index contributed by atoms with van der Waals surface area (Å²) >= 11 is 0. The summed E-state index contributed by atoms with van der Waals surface area (Å²) in [5.74, 6) is -3.14. The van der Waals surface area contributed by atoms with E-state index >= 15 is 0 Å². The van der Waals surface area contributed by atoms with Crippen molar-refractivity contribution in [3.05, 3.63) is 94.3 Å². The van der Waals surface area contributed by atoms with E-state index in [1.807, 2.05) is 30.3 Å². The summed E-state index contributed by atoms with van der Waals surface area (Å²) in [4.78, 5) is 80.4. The van der Waals surface area contributed by atoms with E-state index in [2.05, 4.69) is 52.0 Å². The second kappa shape index (κ2) is 21.2. The molecule has 1 aliphatic heterocycles. The van der Waals surface area contributed by atoms with Gasteiger partial charge in [0.15, 0.2) is 5.82 Å². The Hall–Kier alpha value is -6.94. The van der Waals surface area contributed by atoms with Crippen LogP contribution in [0, 0.1) is 25.2 Å². The number of aliphatic hydroxyl groups is 1. The Morgan fingerprint density at radius 2 is 1.68 bits per heavy atom. The predicted octanol–water partition coefficient (Wildman–Crippen LogP) is 1.96. The van der Waals surface area contributed by atoms with Gasteiger partial charge in [0.1, 0.15) is 48.8 Å². The van der Waals surface area contributed by atoms with Crippen molar-refractivity contribution in [3.8, 4) is 40.1 Å². The highest BCUT2D eigenvalue weighted by Crippen LogP contribution is 2.39. The van der Waals surface area contributed by atoms with E-state index in [4.69, 9.17) is 21.5 Å². The zero-order chi connectivity index (χ0) is 47.7. The summed E-state index contributed by atoms with van der Waals surface area (Å²) in [5.41, 5.74) is 15.9. The lowest BCUT2D eigenvalue weighted by atomic mass is 9.86. The number of phenols is 1. The maximum Gasteiger partial charge on any atom is 0.255 e. The van der Waals surface area contributed by atoms with Crippen molar-refractivity contribution in [1.29, 1.82) is 5.26 Å². The normalized spacial score (nSPS) is 17.3. The summed E-state index contributed by atoms with van der Waals surface area (Å²) in [5, 5.41) is 40.6. The number of nitrogens with zero attached hydrogens (tertiary/aromatic N) is 4. The minimum atomic E-state index is -1.47. The first-order valence-electron chi connectivity index (χ1n) is 21.2. The number of nitrogens with two attached hydrogens (primary N) is 2. The van der Waals surface area contributed by atoms with E-state index in [1.165, 1.54) is 32.2 Å². The quantitative estimate of drug-likeness (QED) is 0.0893. The average Bonchev–Trinajstić information content (AvgIpc) is 3.26. The summed E-state index contributed by atoms with van der Waals surface area (Å²) < 4.78 is 5.99. The molecule has 5 rings (SSSR count). The van der Waals surface area contributed by atoms with Gasteiger partial charge in [-0.1, -0.05) is 57.2 Å². The summed E-state index contributed by atoms with van der Waals surface area (Å²) in [7, 11) is 1.36. The molecular formula is C47H58N10O8. The molecule has 2 heterocycles. The minimum Gasteiger partial charge on any atom is -0.507 e. The number of aryl methyl sites for hydroxylation is 2. The average molecular weight is 891 g/mol. The van der Waals surface area contributed by atoms with Gasteiger partial charge in [-0.25, -0.2) is 9.97 Å². The molecule has 10 N–H and O–H groups in total. The van der Waals surface area contributed by atoms with Gasteiger partial charge < -0.3 is 52.6 Å². The second-order valence-corrected chi connectivity index (χ2v) is 17.1. The van der Waals surface area contributed by atoms with Crippen LogP contribution in [-0.4, -0.2) is 112 Å². The van der Waals surface area contributed by atoms with Crippen LogP contribution in [0.3, 0.4) is 0 Å². The minimum absolute atomic E-state index is 0.0257. The topological polar surface area (TPSA) is 288 Å². The number of ether oxygens (including phenoxy) is 1. The summed E-state index contributed by atoms with van der Waals surface area (Å²) in [6.45, 7) is 10.3. The van der Waals surface area contributed by atoms with Crippen molar-refractivity contribution >= 4 is 29.5 Å². The fraction of sp³-hybridized carbons (Fsp3) is 0.404. The lowest BCUT2D eigenvalue weighted by Gasteiger charge is -2.32. The number of nitrogens with one attached hydrogen (secondary N) is 4. The smallest absolute Gasteiger partial charge is 0.255 e. The molecule has 0 saturated heterocycles. The van der Waals surface area contributed by atoms with E-state index in [0.29, 0.717) is 28.3 Å².